The van der Waals surface area contributed by atoms with Crippen LogP contribution in [0.1, 0.15) is 10.4 Å². The zero-order valence-electron chi connectivity index (χ0n) is 11.6. The minimum Gasteiger partial charge on any atom is -0.493 e. The molecule has 5 heteroatoms. The van der Waals surface area contributed by atoms with Crippen molar-refractivity contribution in [1.29, 1.82) is 0 Å². The highest BCUT2D eigenvalue weighted by Crippen LogP contribution is 2.34. The van der Waals surface area contributed by atoms with Crippen LogP contribution in [-0.4, -0.2) is 38.2 Å². The highest BCUT2D eigenvalue weighted by atomic mass is 16.5. The van der Waals surface area contributed by atoms with E-state index in [4.69, 9.17) is 9.47 Å². The summed E-state index contributed by atoms with van der Waals surface area (Å²) in [5.41, 5.74) is 1.63. The number of methoxy groups -OCH3 is 2. The Hall–Kier alpha value is -2.01. The molecule has 1 aromatic heterocycles. The first kappa shape index (κ1) is 13.4. The van der Waals surface area contributed by atoms with Crippen LogP contribution in [-0.2, 0) is 7.05 Å². The number of ketones is 1. The van der Waals surface area contributed by atoms with Gasteiger partial charge in [0.25, 0.3) is 0 Å². The molecule has 5 nitrogen and oxygen atoms in total. The molecule has 0 aliphatic rings. The van der Waals surface area contributed by atoms with E-state index in [0.29, 0.717) is 23.6 Å². The summed E-state index contributed by atoms with van der Waals surface area (Å²) in [5.74, 6) is 1.34. The molecule has 0 unspecified atom stereocenters. The summed E-state index contributed by atoms with van der Waals surface area (Å²) >= 11 is 0. The summed E-state index contributed by atoms with van der Waals surface area (Å²) in [6.07, 6.45) is 1.84. The van der Waals surface area contributed by atoms with Gasteiger partial charge in [-0.15, -0.1) is 0 Å². The second-order valence-electron chi connectivity index (χ2n) is 4.33. The van der Waals surface area contributed by atoms with Crippen molar-refractivity contribution < 1.29 is 14.3 Å². The maximum atomic E-state index is 12.1. The van der Waals surface area contributed by atoms with E-state index in [1.807, 2.05) is 29.9 Å². The largest absolute Gasteiger partial charge is 0.493 e. The first-order valence-corrected chi connectivity index (χ1v) is 6.01. The van der Waals surface area contributed by atoms with Crippen molar-refractivity contribution >= 4 is 16.7 Å². The Balaban J connectivity index is 2.65. The average Bonchev–Trinajstić information content (AvgIpc) is 2.74. The topological polar surface area (TPSA) is 52.5 Å². The van der Waals surface area contributed by atoms with E-state index in [0.717, 1.165) is 10.9 Å². The molecule has 0 bridgehead atoms. The first-order valence-electron chi connectivity index (χ1n) is 6.01. The van der Waals surface area contributed by atoms with Crippen LogP contribution in [0.4, 0.5) is 0 Å². The third-order valence-electron chi connectivity index (χ3n) is 3.13. The zero-order chi connectivity index (χ0) is 14.0. The highest BCUT2D eigenvalue weighted by molar-refractivity contribution is 6.09. The average molecular weight is 262 g/mol. The number of nitrogens with one attached hydrogen (secondary N) is 1. The van der Waals surface area contributed by atoms with Gasteiger partial charge in [-0.25, -0.2) is 0 Å². The van der Waals surface area contributed by atoms with Crippen molar-refractivity contribution in [1.82, 2.24) is 9.88 Å². The number of benzene rings is 1. The van der Waals surface area contributed by atoms with Crippen LogP contribution in [0, 0.1) is 0 Å². The Labute approximate surface area is 112 Å². The number of fused-ring (bicyclic) bond motifs is 1. The van der Waals surface area contributed by atoms with Crippen molar-refractivity contribution in [2.24, 2.45) is 7.05 Å². The number of aryl methyl sites for hydroxylation is 1. The molecule has 0 spiro atoms. The number of ether oxygens (including phenoxy) is 2. The summed E-state index contributed by atoms with van der Waals surface area (Å²) in [6.45, 7) is 0.313. The molecule has 2 rings (SSSR count). The lowest BCUT2D eigenvalue weighted by Gasteiger charge is -2.08. The van der Waals surface area contributed by atoms with Gasteiger partial charge in [-0.05, 0) is 13.1 Å². The Morgan fingerprint density at radius 1 is 1.26 bits per heavy atom. The van der Waals surface area contributed by atoms with Crippen LogP contribution >= 0.6 is 0 Å². The van der Waals surface area contributed by atoms with Gasteiger partial charge in [-0.3, -0.25) is 4.79 Å². The molecule has 0 amide bonds. The van der Waals surface area contributed by atoms with E-state index in [2.05, 4.69) is 5.32 Å². The van der Waals surface area contributed by atoms with Crippen LogP contribution in [0.2, 0.25) is 0 Å². The van der Waals surface area contributed by atoms with Crippen LogP contribution in [0.25, 0.3) is 10.9 Å². The maximum absolute atomic E-state index is 12.1. The van der Waals surface area contributed by atoms with Gasteiger partial charge in [0.15, 0.2) is 17.3 Å². The Bertz CT molecular complexity index is 617. The van der Waals surface area contributed by atoms with Crippen molar-refractivity contribution in [2.45, 2.75) is 0 Å². The molecule has 1 aromatic carbocycles. The maximum Gasteiger partial charge on any atom is 0.178 e. The van der Waals surface area contributed by atoms with Gasteiger partial charge in [0.1, 0.15) is 0 Å². The minimum absolute atomic E-state index is 0.0559. The number of aromatic nitrogens is 1. The molecule has 2 aromatic rings. The number of rotatable bonds is 5. The fourth-order valence-electron chi connectivity index (χ4n) is 2.19. The van der Waals surface area contributed by atoms with E-state index in [1.54, 1.807) is 21.3 Å². The van der Waals surface area contributed by atoms with Crippen molar-refractivity contribution in [2.75, 3.05) is 27.8 Å². The smallest absolute Gasteiger partial charge is 0.178 e. The van der Waals surface area contributed by atoms with Gasteiger partial charge in [0.05, 0.1) is 26.3 Å². The first-order chi connectivity index (χ1) is 9.12. The lowest BCUT2D eigenvalue weighted by Crippen LogP contribution is -2.18. The lowest BCUT2D eigenvalue weighted by molar-refractivity contribution is 0.0995. The highest BCUT2D eigenvalue weighted by Gasteiger charge is 2.16. The summed E-state index contributed by atoms with van der Waals surface area (Å²) in [4.78, 5) is 12.1. The minimum atomic E-state index is 0.0559. The van der Waals surface area contributed by atoms with Gasteiger partial charge in [0.2, 0.25) is 0 Å². The fourth-order valence-corrected chi connectivity index (χ4v) is 2.19. The molecule has 0 fully saturated rings. The third kappa shape index (κ3) is 2.29. The molecular weight excluding hydrogens is 244 g/mol. The van der Waals surface area contributed by atoms with E-state index < -0.39 is 0 Å². The monoisotopic (exact) mass is 262 g/mol. The van der Waals surface area contributed by atoms with Gasteiger partial charge in [-0.2, -0.15) is 0 Å². The van der Waals surface area contributed by atoms with Crippen LogP contribution in [0.5, 0.6) is 11.5 Å². The van der Waals surface area contributed by atoms with E-state index in [-0.39, 0.29) is 5.78 Å². The summed E-state index contributed by atoms with van der Waals surface area (Å²) < 4.78 is 12.5. The van der Waals surface area contributed by atoms with Crippen LogP contribution in [0.3, 0.4) is 0 Å². The molecule has 0 atom stereocenters. The molecule has 0 aliphatic heterocycles. The predicted octanol–water partition coefficient (Wildman–Crippen LogP) is 1.60. The lowest BCUT2D eigenvalue weighted by atomic mass is 10.1. The third-order valence-corrected chi connectivity index (χ3v) is 3.13. The van der Waals surface area contributed by atoms with Gasteiger partial charge in [-0.1, -0.05) is 0 Å². The van der Waals surface area contributed by atoms with E-state index >= 15 is 0 Å². The summed E-state index contributed by atoms with van der Waals surface area (Å²) in [6, 6.07) is 3.72. The van der Waals surface area contributed by atoms with Gasteiger partial charge >= 0.3 is 0 Å². The number of hydrogen-bond donors (Lipinski definition) is 1. The zero-order valence-corrected chi connectivity index (χ0v) is 11.6. The molecule has 102 valence electrons. The molecule has 0 aliphatic carbocycles. The van der Waals surface area contributed by atoms with Crippen molar-refractivity contribution in [3.63, 3.8) is 0 Å². The van der Waals surface area contributed by atoms with Gasteiger partial charge in [0, 0.05) is 30.3 Å². The number of hydrogen-bond acceptors (Lipinski definition) is 4. The fraction of sp³-hybridized carbons (Fsp3) is 0.357. The number of Topliss-reactive ketones (excluding diaryl/α,β-unsaturated/α-hetero) is 1. The van der Waals surface area contributed by atoms with Crippen LogP contribution < -0.4 is 14.8 Å². The molecule has 0 radical (unpaired) electrons. The van der Waals surface area contributed by atoms with E-state index in [9.17, 15) is 4.79 Å². The molecule has 0 saturated carbocycles. The Morgan fingerprint density at radius 3 is 2.47 bits per heavy atom. The summed E-state index contributed by atoms with van der Waals surface area (Å²) in [7, 11) is 6.85. The van der Waals surface area contributed by atoms with Crippen molar-refractivity contribution in [3.05, 3.63) is 23.9 Å². The van der Waals surface area contributed by atoms with E-state index in [1.165, 1.54) is 0 Å². The number of carbonyl (C=O) groups excluding carboxylic acids is 1. The number of nitrogens with zero attached hydrogens (tertiary/aromatic N) is 1. The molecule has 1 N–H and O–H groups in total. The van der Waals surface area contributed by atoms with Crippen LogP contribution in [0.15, 0.2) is 18.3 Å². The summed E-state index contributed by atoms with van der Waals surface area (Å²) in [5, 5.41) is 3.75. The quantitative estimate of drug-likeness (QED) is 0.832. The molecule has 0 saturated heterocycles. The van der Waals surface area contributed by atoms with Crippen molar-refractivity contribution in [3.8, 4) is 11.5 Å². The second kappa shape index (κ2) is 5.32. The normalized spacial score (nSPS) is 10.7. The SMILES string of the molecule is CNCC(=O)c1cn(C)c2cc(OC)c(OC)cc12. The standard InChI is InChI=1S/C14H18N2O3/c1-15-7-12(17)10-8-16(2)11-6-14(19-4)13(18-3)5-9(10)11/h5-6,8,15H,7H2,1-4H3. The molecule has 19 heavy (non-hydrogen) atoms. The Kier molecular flexibility index (Phi) is 3.76. The Morgan fingerprint density at radius 2 is 1.89 bits per heavy atom. The van der Waals surface area contributed by atoms with Gasteiger partial charge < -0.3 is 19.4 Å². The predicted molar refractivity (Wildman–Crippen MR) is 74.3 cm³/mol. The molecule has 1 heterocycles. The second-order valence-corrected chi connectivity index (χ2v) is 4.33. The molecular formula is C14H18N2O3. The number of carbonyl (C=O) groups is 1. The number of likely N-dealkylation sites (N-methyl/N-ethyl adjacent to an activating group) is 1.